The maximum absolute atomic E-state index is 12.0. The average Bonchev–Trinajstić information content (AvgIpc) is 3.09. The van der Waals surface area contributed by atoms with E-state index in [1.807, 2.05) is 36.5 Å². The monoisotopic (exact) mass is 406 g/mol. The SMILES string of the molecule is O=C(C=Cc1cnn(-c2ccccc2)c1)NNc1c(Cl)cc(Cl)cc1Cl. The van der Waals surface area contributed by atoms with Gasteiger partial charge in [-0.3, -0.25) is 15.6 Å². The van der Waals surface area contributed by atoms with E-state index in [4.69, 9.17) is 34.8 Å². The van der Waals surface area contributed by atoms with Crippen LogP contribution in [0.1, 0.15) is 5.56 Å². The molecule has 1 aromatic heterocycles. The third kappa shape index (κ3) is 4.58. The Morgan fingerprint density at radius 3 is 2.46 bits per heavy atom. The molecule has 1 amide bonds. The van der Waals surface area contributed by atoms with Gasteiger partial charge in [0.25, 0.3) is 5.91 Å². The number of hydrogen-bond donors (Lipinski definition) is 2. The first kappa shape index (κ1) is 18.3. The summed E-state index contributed by atoms with van der Waals surface area (Å²) >= 11 is 17.9. The third-order valence-electron chi connectivity index (χ3n) is 3.37. The number of hydrogen-bond acceptors (Lipinski definition) is 3. The van der Waals surface area contributed by atoms with Crippen molar-refractivity contribution in [2.24, 2.45) is 0 Å². The van der Waals surface area contributed by atoms with E-state index in [2.05, 4.69) is 16.0 Å². The van der Waals surface area contributed by atoms with E-state index in [1.165, 1.54) is 18.2 Å². The molecule has 0 radical (unpaired) electrons. The number of carbonyl (C=O) groups excluding carboxylic acids is 1. The summed E-state index contributed by atoms with van der Waals surface area (Å²) < 4.78 is 1.73. The minimum Gasteiger partial charge on any atom is -0.295 e. The van der Waals surface area contributed by atoms with Crippen molar-refractivity contribution in [3.63, 3.8) is 0 Å². The Hall–Kier alpha value is -2.47. The summed E-state index contributed by atoms with van der Waals surface area (Å²) in [6, 6.07) is 12.7. The molecule has 132 valence electrons. The number of halogens is 3. The van der Waals surface area contributed by atoms with Crippen molar-refractivity contribution in [3.05, 3.63) is 81.6 Å². The Balaban J connectivity index is 1.61. The molecule has 0 saturated heterocycles. The van der Waals surface area contributed by atoms with Crippen LogP contribution in [0.4, 0.5) is 5.69 Å². The topological polar surface area (TPSA) is 59.0 Å². The van der Waals surface area contributed by atoms with Gasteiger partial charge in [0.2, 0.25) is 0 Å². The Morgan fingerprint density at radius 1 is 1.08 bits per heavy atom. The molecule has 2 N–H and O–H groups in total. The summed E-state index contributed by atoms with van der Waals surface area (Å²) in [4.78, 5) is 12.0. The van der Waals surface area contributed by atoms with Crippen molar-refractivity contribution in [2.45, 2.75) is 0 Å². The largest absolute Gasteiger partial charge is 0.295 e. The molecule has 0 aliphatic rings. The number of aromatic nitrogens is 2. The maximum atomic E-state index is 12.0. The highest BCUT2D eigenvalue weighted by atomic mass is 35.5. The first-order chi connectivity index (χ1) is 12.5. The number of anilines is 1. The zero-order chi connectivity index (χ0) is 18.5. The summed E-state index contributed by atoms with van der Waals surface area (Å²) in [5.74, 6) is -0.375. The molecule has 3 aromatic rings. The van der Waals surface area contributed by atoms with Gasteiger partial charge in [0, 0.05) is 22.9 Å². The zero-order valence-electron chi connectivity index (χ0n) is 13.3. The summed E-state index contributed by atoms with van der Waals surface area (Å²) in [6.07, 6.45) is 6.50. The smallest absolute Gasteiger partial charge is 0.262 e. The van der Waals surface area contributed by atoms with E-state index in [9.17, 15) is 4.79 Å². The van der Waals surface area contributed by atoms with Gasteiger partial charge in [0.1, 0.15) is 0 Å². The van der Waals surface area contributed by atoms with Crippen molar-refractivity contribution in [3.8, 4) is 5.69 Å². The number of nitrogens with one attached hydrogen (secondary N) is 2. The van der Waals surface area contributed by atoms with Crippen LogP contribution >= 0.6 is 34.8 Å². The Morgan fingerprint density at radius 2 is 1.77 bits per heavy atom. The van der Waals surface area contributed by atoms with Crippen LogP contribution in [0.25, 0.3) is 11.8 Å². The van der Waals surface area contributed by atoms with Gasteiger partial charge in [-0.25, -0.2) is 4.68 Å². The van der Waals surface area contributed by atoms with Gasteiger partial charge >= 0.3 is 0 Å². The lowest BCUT2D eigenvalue weighted by Crippen LogP contribution is -2.27. The van der Waals surface area contributed by atoms with Crippen LogP contribution in [0.5, 0.6) is 0 Å². The normalized spacial score (nSPS) is 10.9. The van der Waals surface area contributed by atoms with Gasteiger partial charge in [-0.05, 0) is 30.3 Å². The van der Waals surface area contributed by atoms with Crippen LogP contribution in [0.3, 0.4) is 0 Å². The minimum absolute atomic E-state index is 0.302. The van der Waals surface area contributed by atoms with Gasteiger partial charge in [-0.1, -0.05) is 53.0 Å². The quantitative estimate of drug-likeness (QED) is 0.463. The highest BCUT2D eigenvalue weighted by molar-refractivity contribution is 6.41. The first-order valence-corrected chi connectivity index (χ1v) is 8.65. The number of nitrogens with zero attached hydrogens (tertiary/aromatic N) is 2. The molecule has 1 heterocycles. The Labute approximate surface area is 165 Å². The van der Waals surface area contributed by atoms with Crippen molar-refractivity contribution in [1.82, 2.24) is 15.2 Å². The minimum atomic E-state index is -0.375. The van der Waals surface area contributed by atoms with Gasteiger partial charge < -0.3 is 0 Å². The molecule has 0 spiro atoms. The van der Waals surface area contributed by atoms with Gasteiger partial charge in [0.15, 0.2) is 0 Å². The lowest BCUT2D eigenvalue weighted by molar-refractivity contribution is -0.115. The molecule has 0 fully saturated rings. The van der Waals surface area contributed by atoms with Gasteiger partial charge in [0.05, 0.1) is 27.6 Å². The molecule has 0 atom stereocenters. The molecule has 2 aromatic carbocycles. The summed E-state index contributed by atoms with van der Waals surface area (Å²) in [6.45, 7) is 0. The van der Waals surface area contributed by atoms with Crippen LogP contribution in [0.15, 0.2) is 60.9 Å². The number of carbonyl (C=O) groups is 1. The van der Waals surface area contributed by atoms with Crippen LogP contribution in [-0.2, 0) is 4.79 Å². The highest BCUT2D eigenvalue weighted by Gasteiger charge is 2.08. The summed E-state index contributed by atoms with van der Waals surface area (Å²) in [5.41, 5.74) is 7.27. The standard InChI is InChI=1S/C18H13Cl3N4O/c19-13-8-15(20)18(16(21)9-13)24-23-17(26)7-6-12-10-22-25(11-12)14-4-2-1-3-5-14/h1-11,24H,(H,23,26). The number of para-hydroxylation sites is 1. The Bertz CT molecular complexity index is 931. The second kappa shape index (κ2) is 8.27. The van der Waals surface area contributed by atoms with Crippen LogP contribution in [0, 0.1) is 0 Å². The van der Waals surface area contributed by atoms with E-state index >= 15 is 0 Å². The molecule has 26 heavy (non-hydrogen) atoms. The molecule has 3 rings (SSSR count). The van der Waals surface area contributed by atoms with Crippen molar-refractivity contribution >= 4 is 52.5 Å². The van der Waals surface area contributed by atoms with E-state index in [-0.39, 0.29) is 5.91 Å². The molecule has 0 saturated carbocycles. The van der Waals surface area contributed by atoms with E-state index in [0.29, 0.717) is 20.8 Å². The first-order valence-electron chi connectivity index (χ1n) is 7.51. The molecule has 0 aliphatic heterocycles. The fourth-order valence-corrected chi connectivity index (χ4v) is 3.06. The maximum Gasteiger partial charge on any atom is 0.262 e. The third-order valence-corrected chi connectivity index (χ3v) is 4.18. The molecule has 5 nitrogen and oxygen atoms in total. The number of rotatable bonds is 5. The summed E-state index contributed by atoms with van der Waals surface area (Å²) in [5, 5.41) is 5.27. The summed E-state index contributed by atoms with van der Waals surface area (Å²) in [7, 11) is 0. The fourth-order valence-electron chi connectivity index (χ4n) is 2.14. The molecule has 0 aliphatic carbocycles. The number of benzene rings is 2. The fraction of sp³-hybridized carbons (Fsp3) is 0. The van der Waals surface area contributed by atoms with Gasteiger partial charge in [-0.2, -0.15) is 5.10 Å². The van der Waals surface area contributed by atoms with E-state index in [0.717, 1.165) is 11.3 Å². The van der Waals surface area contributed by atoms with Gasteiger partial charge in [-0.15, -0.1) is 0 Å². The lowest BCUT2D eigenvalue weighted by atomic mass is 10.3. The predicted molar refractivity (Wildman–Crippen MR) is 106 cm³/mol. The van der Waals surface area contributed by atoms with Crippen LogP contribution in [0.2, 0.25) is 15.1 Å². The van der Waals surface area contributed by atoms with Crippen molar-refractivity contribution in [1.29, 1.82) is 0 Å². The van der Waals surface area contributed by atoms with Crippen molar-refractivity contribution in [2.75, 3.05) is 5.43 Å². The highest BCUT2D eigenvalue weighted by Crippen LogP contribution is 2.33. The predicted octanol–water partition coefficient (Wildman–Crippen LogP) is 4.99. The van der Waals surface area contributed by atoms with Crippen LogP contribution < -0.4 is 10.9 Å². The van der Waals surface area contributed by atoms with E-state index < -0.39 is 0 Å². The molecular formula is C18H13Cl3N4O. The average molecular weight is 408 g/mol. The lowest BCUT2D eigenvalue weighted by Gasteiger charge is -2.10. The molecule has 8 heteroatoms. The van der Waals surface area contributed by atoms with Crippen LogP contribution in [-0.4, -0.2) is 15.7 Å². The zero-order valence-corrected chi connectivity index (χ0v) is 15.6. The molecule has 0 bridgehead atoms. The Kier molecular flexibility index (Phi) is 5.83. The second-order valence-electron chi connectivity index (χ2n) is 5.25. The number of hydrazine groups is 1. The number of amides is 1. The van der Waals surface area contributed by atoms with E-state index in [1.54, 1.807) is 17.0 Å². The molecule has 0 unspecified atom stereocenters. The second-order valence-corrected chi connectivity index (χ2v) is 6.50. The molecular weight excluding hydrogens is 395 g/mol. The van der Waals surface area contributed by atoms with Crippen molar-refractivity contribution < 1.29 is 4.79 Å².